The molecule has 0 bridgehead atoms. The van der Waals surface area contributed by atoms with E-state index in [1.807, 2.05) is 0 Å². The monoisotopic (exact) mass is 500 g/mol. The van der Waals surface area contributed by atoms with Crippen LogP contribution >= 0.6 is 0 Å². The number of hydrogen-bond acceptors (Lipinski definition) is 5. The van der Waals surface area contributed by atoms with E-state index in [1.165, 1.54) is 37.3 Å². The second-order valence-corrected chi connectivity index (χ2v) is 10.7. The Morgan fingerprint density at radius 1 is 1.00 bits per heavy atom. The molecular formula is C31H36N2O4. The number of fused-ring (bicyclic) bond motifs is 1. The number of nitrogens with zero attached hydrogens (tertiary/aromatic N) is 2. The minimum Gasteiger partial charge on any atom is -0.462 e. The number of benzene rings is 2. The summed E-state index contributed by atoms with van der Waals surface area (Å²) in [6, 6.07) is 18.0. The summed E-state index contributed by atoms with van der Waals surface area (Å²) in [7, 11) is 0. The predicted molar refractivity (Wildman–Crippen MR) is 143 cm³/mol. The van der Waals surface area contributed by atoms with E-state index in [1.54, 1.807) is 31.2 Å². The molecule has 1 aliphatic carbocycles. The number of imide groups is 1. The number of carbonyl (C=O) groups is 3. The van der Waals surface area contributed by atoms with E-state index in [9.17, 15) is 14.4 Å². The van der Waals surface area contributed by atoms with Crippen LogP contribution in [0.5, 0.6) is 0 Å². The maximum absolute atomic E-state index is 13.2. The van der Waals surface area contributed by atoms with Crippen LogP contribution in [0.15, 0.2) is 66.2 Å². The molecule has 2 aliphatic heterocycles. The van der Waals surface area contributed by atoms with Gasteiger partial charge in [0.15, 0.2) is 0 Å². The number of amides is 2. The Balaban J connectivity index is 1.22. The van der Waals surface area contributed by atoms with Gasteiger partial charge < -0.3 is 4.74 Å². The normalized spacial score (nSPS) is 24.1. The van der Waals surface area contributed by atoms with E-state index in [0.717, 1.165) is 37.3 Å². The molecule has 3 aliphatic rings. The lowest BCUT2D eigenvalue weighted by atomic mass is 9.75. The quantitative estimate of drug-likeness (QED) is 0.369. The van der Waals surface area contributed by atoms with Crippen molar-refractivity contribution in [3.8, 4) is 0 Å². The maximum Gasteiger partial charge on any atom is 0.340 e. The molecule has 0 aromatic heterocycles. The molecule has 0 spiro atoms. The van der Waals surface area contributed by atoms with Gasteiger partial charge in [-0.05, 0) is 69.2 Å². The third-order valence-electron chi connectivity index (χ3n) is 8.14. The van der Waals surface area contributed by atoms with Crippen LogP contribution < -0.4 is 4.90 Å². The molecule has 0 N–H and O–H groups in total. The van der Waals surface area contributed by atoms with E-state index in [4.69, 9.17) is 4.74 Å². The summed E-state index contributed by atoms with van der Waals surface area (Å²) >= 11 is 0. The van der Waals surface area contributed by atoms with Gasteiger partial charge >= 0.3 is 5.97 Å². The highest BCUT2D eigenvalue weighted by atomic mass is 16.5. The SMILES string of the molecule is CC1=CC(=O)N(c2ccccc2C(=O)OC[C@H]2C[C@H]3CCCC[C@H]3N(CCCc3ccccc3)C2)C1=O. The van der Waals surface area contributed by atoms with E-state index in [-0.39, 0.29) is 17.2 Å². The zero-order valence-corrected chi connectivity index (χ0v) is 21.6. The standard InChI is InChI=1S/C31H36N2O4/c1-22-18-29(34)33(30(22)35)28-16-8-6-14-26(28)31(36)37-21-24-19-25-13-5-7-15-27(25)32(20-24)17-9-12-23-10-3-2-4-11-23/h2-4,6,8,10-11,14,16,18,24-25,27H,5,7,9,12-13,15,17,19-21H2,1H3/t24-,25+,27+/m0/s1. The number of esters is 1. The molecule has 194 valence electrons. The van der Waals surface area contributed by atoms with Gasteiger partial charge in [-0.15, -0.1) is 0 Å². The summed E-state index contributed by atoms with van der Waals surface area (Å²) in [5.41, 5.74) is 2.28. The largest absolute Gasteiger partial charge is 0.462 e. The van der Waals surface area contributed by atoms with Crippen LogP contribution in [0.4, 0.5) is 5.69 Å². The van der Waals surface area contributed by atoms with Gasteiger partial charge in [0.2, 0.25) is 0 Å². The van der Waals surface area contributed by atoms with Crippen LogP contribution in [0.25, 0.3) is 0 Å². The Morgan fingerprint density at radius 3 is 2.54 bits per heavy atom. The third kappa shape index (κ3) is 5.69. The Morgan fingerprint density at radius 2 is 1.76 bits per heavy atom. The van der Waals surface area contributed by atoms with E-state index < -0.39 is 17.8 Å². The number of piperidine rings is 1. The molecule has 0 radical (unpaired) electrons. The first-order valence-corrected chi connectivity index (χ1v) is 13.6. The number of anilines is 1. The maximum atomic E-state index is 13.2. The van der Waals surface area contributed by atoms with Gasteiger partial charge in [0.1, 0.15) is 0 Å². The molecule has 1 saturated heterocycles. The van der Waals surface area contributed by atoms with E-state index in [0.29, 0.717) is 24.1 Å². The van der Waals surface area contributed by atoms with Crippen molar-refractivity contribution in [2.24, 2.45) is 11.8 Å². The fourth-order valence-electron chi connectivity index (χ4n) is 6.35. The van der Waals surface area contributed by atoms with Crippen LogP contribution in [-0.4, -0.2) is 48.4 Å². The summed E-state index contributed by atoms with van der Waals surface area (Å²) < 4.78 is 5.84. The summed E-state index contributed by atoms with van der Waals surface area (Å²) in [6.07, 6.45) is 9.69. The third-order valence-corrected chi connectivity index (χ3v) is 8.14. The van der Waals surface area contributed by atoms with Gasteiger partial charge in [0, 0.05) is 30.2 Å². The Hall–Kier alpha value is -3.25. The molecule has 2 aromatic rings. The van der Waals surface area contributed by atoms with Crippen LogP contribution in [0.2, 0.25) is 0 Å². The van der Waals surface area contributed by atoms with Crippen LogP contribution in [-0.2, 0) is 20.7 Å². The molecule has 6 nitrogen and oxygen atoms in total. The smallest absolute Gasteiger partial charge is 0.340 e. The average molecular weight is 501 g/mol. The Kier molecular flexibility index (Phi) is 7.85. The number of carbonyl (C=O) groups excluding carboxylic acids is 3. The van der Waals surface area contributed by atoms with Crippen LogP contribution in [0, 0.1) is 11.8 Å². The molecule has 37 heavy (non-hydrogen) atoms. The molecular weight excluding hydrogens is 464 g/mol. The lowest BCUT2D eigenvalue weighted by Crippen LogP contribution is -2.51. The number of para-hydroxylation sites is 1. The number of ether oxygens (including phenoxy) is 1. The van der Waals surface area contributed by atoms with Crippen molar-refractivity contribution < 1.29 is 19.1 Å². The summed E-state index contributed by atoms with van der Waals surface area (Å²) in [5, 5.41) is 0. The highest BCUT2D eigenvalue weighted by molar-refractivity contribution is 6.31. The van der Waals surface area contributed by atoms with Gasteiger partial charge in [0.25, 0.3) is 11.8 Å². The number of rotatable bonds is 8. The van der Waals surface area contributed by atoms with Crippen molar-refractivity contribution in [1.29, 1.82) is 0 Å². The zero-order chi connectivity index (χ0) is 25.8. The molecule has 2 fully saturated rings. The number of likely N-dealkylation sites (tertiary alicyclic amines) is 1. The van der Waals surface area contributed by atoms with Crippen LogP contribution in [0.3, 0.4) is 0 Å². The highest BCUT2D eigenvalue weighted by Crippen LogP contribution is 2.38. The second-order valence-electron chi connectivity index (χ2n) is 10.7. The fraction of sp³-hybridized carbons (Fsp3) is 0.452. The van der Waals surface area contributed by atoms with Gasteiger partial charge in [-0.2, -0.15) is 0 Å². The number of aryl methyl sites for hydroxylation is 1. The lowest BCUT2D eigenvalue weighted by molar-refractivity contribution is -0.120. The van der Waals surface area contributed by atoms with Crippen LogP contribution in [0.1, 0.15) is 61.4 Å². The van der Waals surface area contributed by atoms with Gasteiger partial charge in [-0.3, -0.25) is 14.5 Å². The fourth-order valence-corrected chi connectivity index (χ4v) is 6.35. The first kappa shape index (κ1) is 25.4. The molecule has 6 heteroatoms. The first-order chi connectivity index (χ1) is 18.0. The molecule has 2 heterocycles. The molecule has 2 aromatic carbocycles. The number of hydrogen-bond donors (Lipinski definition) is 0. The van der Waals surface area contributed by atoms with Crippen molar-refractivity contribution in [2.75, 3.05) is 24.6 Å². The van der Waals surface area contributed by atoms with E-state index in [2.05, 4.69) is 35.2 Å². The zero-order valence-electron chi connectivity index (χ0n) is 21.6. The van der Waals surface area contributed by atoms with Crippen molar-refractivity contribution in [1.82, 2.24) is 4.90 Å². The van der Waals surface area contributed by atoms with Crippen molar-refractivity contribution in [2.45, 2.75) is 57.9 Å². The van der Waals surface area contributed by atoms with Gasteiger partial charge in [0.05, 0.1) is 17.9 Å². The minimum atomic E-state index is -0.484. The van der Waals surface area contributed by atoms with Crippen molar-refractivity contribution in [3.63, 3.8) is 0 Å². The Labute approximate surface area is 219 Å². The van der Waals surface area contributed by atoms with E-state index >= 15 is 0 Å². The topological polar surface area (TPSA) is 66.9 Å². The first-order valence-electron chi connectivity index (χ1n) is 13.6. The molecule has 3 atom stereocenters. The molecule has 1 saturated carbocycles. The summed E-state index contributed by atoms with van der Waals surface area (Å²) in [4.78, 5) is 41.8. The molecule has 2 amide bonds. The molecule has 0 unspecified atom stereocenters. The lowest BCUT2D eigenvalue weighted by Gasteiger charge is -2.47. The van der Waals surface area contributed by atoms with Gasteiger partial charge in [-0.25, -0.2) is 9.69 Å². The second kappa shape index (κ2) is 11.4. The summed E-state index contributed by atoms with van der Waals surface area (Å²) in [5.74, 6) is -0.367. The Bertz CT molecular complexity index is 1170. The molecule has 5 rings (SSSR count). The average Bonchev–Trinajstić information content (AvgIpc) is 3.18. The van der Waals surface area contributed by atoms with Gasteiger partial charge in [-0.1, -0.05) is 55.3 Å². The highest BCUT2D eigenvalue weighted by Gasteiger charge is 2.38. The predicted octanol–water partition coefficient (Wildman–Crippen LogP) is 5.18. The van der Waals surface area contributed by atoms with Crippen molar-refractivity contribution >= 4 is 23.5 Å². The minimum absolute atomic E-state index is 0.248. The summed E-state index contributed by atoms with van der Waals surface area (Å²) in [6.45, 7) is 3.96. The van der Waals surface area contributed by atoms with Crippen molar-refractivity contribution in [3.05, 3.63) is 77.4 Å².